The van der Waals surface area contributed by atoms with Gasteiger partial charge in [0.05, 0.1) is 0 Å². The van der Waals surface area contributed by atoms with Crippen LogP contribution in [0.5, 0.6) is 0 Å². The molecule has 16 heavy (non-hydrogen) atoms. The van der Waals surface area contributed by atoms with Crippen molar-refractivity contribution in [1.82, 2.24) is 10.2 Å². The second-order valence-electron chi connectivity index (χ2n) is 5.48. The average molecular weight is 228 g/mol. The number of amides is 1. The Balaban J connectivity index is 2.23. The van der Waals surface area contributed by atoms with Crippen molar-refractivity contribution in [2.75, 3.05) is 20.1 Å². The standard InChI is InChI=1S/C12H24N2O2/c1-12(2,3)16-11(15)14(4)9-7-10-6-5-8-13-10/h10,13H,5-9H2,1-4H3/t10-/m1/s1. The molecule has 1 atom stereocenters. The molecule has 1 aliphatic rings. The van der Waals surface area contributed by atoms with Crippen molar-refractivity contribution in [1.29, 1.82) is 0 Å². The number of carbonyl (C=O) groups is 1. The van der Waals surface area contributed by atoms with Crippen LogP contribution in [0.2, 0.25) is 0 Å². The highest BCUT2D eigenvalue weighted by atomic mass is 16.6. The van der Waals surface area contributed by atoms with E-state index in [1.807, 2.05) is 20.8 Å². The lowest BCUT2D eigenvalue weighted by molar-refractivity contribution is 0.0294. The Bertz CT molecular complexity index is 230. The molecule has 0 saturated carbocycles. The maximum Gasteiger partial charge on any atom is 0.410 e. The smallest absolute Gasteiger partial charge is 0.410 e. The van der Waals surface area contributed by atoms with Crippen LogP contribution in [0.25, 0.3) is 0 Å². The molecule has 4 nitrogen and oxygen atoms in total. The number of hydrogen-bond donors (Lipinski definition) is 1. The summed E-state index contributed by atoms with van der Waals surface area (Å²) in [5.41, 5.74) is -0.406. The van der Waals surface area contributed by atoms with Gasteiger partial charge in [0.15, 0.2) is 0 Å². The Hall–Kier alpha value is -0.770. The summed E-state index contributed by atoms with van der Waals surface area (Å²) in [5.74, 6) is 0. The van der Waals surface area contributed by atoms with E-state index in [1.54, 1.807) is 11.9 Å². The molecule has 1 rings (SSSR count). The minimum Gasteiger partial charge on any atom is -0.444 e. The summed E-state index contributed by atoms with van der Waals surface area (Å²) in [7, 11) is 1.79. The Morgan fingerprint density at radius 3 is 2.69 bits per heavy atom. The zero-order valence-electron chi connectivity index (χ0n) is 10.9. The summed E-state index contributed by atoms with van der Waals surface area (Å²) >= 11 is 0. The maximum absolute atomic E-state index is 11.6. The Labute approximate surface area is 98.3 Å². The van der Waals surface area contributed by atoms with E-state index in [9.17, 15) is 4.79 Å². The second kappa shape index (κ2) is 5.53. The van der Waals surface area contributed by atoms with Gasteiger partial charge in [0, 0.05) is 19.6 Å². The van der Waals surface area contributed by atoms with Gasteiger partial charge in [-0.1, -0.05) is 0 Å². The van der Waals surface area contributed by atoms with E-state index >= 15 is 0 Å². The molecule has 1 aliphatic heterocycles. The van der Waals surface area contributed by atoms with Crippen LogP contribution < -0.4 is 5.32 Å². The third-order valence-electron chi connectivity index (χ3n) is 2.68. The molecule has 0 aliphatic carbocycles. The van der Waals surface area contributed by atoms with E-state index in [0.717, 1.165) is 19.5 Å². The number of hydrogen-bond acceptors (Lipinski definition) is 3. The molecule has 0 aromatic carbocycles. The molecule has 4 heteroatoms. The summed E-state index contributed by atoms with van der Waals surface area (Å²) in [6.45, 7) is 7.53. The van der Waals surface area contributed by atoms with Gasteiger partial charge in [-0.3, -0.25) is 0 Å². The first kappa shape index (κ1) is 13.3. The Morgan fingerprint density at radius 1 is 1.50 bits per heavy atom. The third kappa shape index (κ3) is 4.84. The summed E-state index contributed by atoms with van der Waals surface area (Å²) < 4.78 is 5.28. The van der Waals surface area contributed by atoms with Gasteiger partial charge in [0.25, 0.3) is 0 Å². The van der Waals surface area contributed by atoms with Crippen LogP contribution in [0.3, 0.4) is 0 Å². The largest absolute Gasteiger partial charge is 0.444 e. The van der Waals surface area contributed by atoms with E-state index in [1.165, 1.54) is 12.8 Å². The molecule has 0 aromatic rings. The maximum atomic E-state index is 11.6. The highest BCUT2D eigenvalue weighted by molar-refractivity contribution is 5.67. The summed E-state index contributed by atoms with van der Waals surface area (Å²) in [6.07, 6.45) is 3.25. The van der Waals surface area contributed by atoms with Gasteiger partial charge in [-0.2, -0.15) is 0 Å². The lowest BCUT2D eigenvalue weighted by Gasteiger charge is -2.25. The van der Waals surface area contributed by atoms with Crippen molar-refractivity contribution in [2.24, 2.45) is 0 Å². The number of nitrogens with zero attached hydrogens (tertiary/aromatic N) is 1. The lowest BCUT2D eigenvalue weighted by atomic mass is 10.1. The molecule has 1 N–H and O–H groups in total. The topological polar surface area (TPSA) is 41.6 Å². The van der Waals surface area contributed by atoms with Crippen LogP contribution in [-0.2, 0) is 4.74 Å². The quantitative estimate of drug-likeness (QED) is 0.803. The molecule has 0 spiro atoms. The molecular weight excluding hydrogens is 204 g/mol. The van der Waals surface area contributed by atoms with Crippen LogP contribution in [0.15, 0.2) is 0 Å². The molecular formula is C12H24N2O2. The molecule has 94 valence electrons. The lowest BCUT2D eigenvalue weighted by Crippen LogP contribution is -2.36. The molecule has 1 heterocycles. The summed E-state index contributed by atoms with van der Waals surface area (Å²) in [6, 6.07) is 0.574. The molecule has 1 fully saturated rings. The van der Waals surface area contributed by atoms with Crippen molar-refractivity contribution in [3.05, 3.63) is 0 Å². The van der Waals surface area contributed by atoms with E-state index in [2.05, 4.69) is 5.32 Å². The zero-order chi connectivity index (χ0) is 12.2. The molecule has 0 radical (unpaired) electrons. The van der Waals surface area contributed by atoms with E-state index in [4.69, 9.17) is 4.74 Å². The zero-order valence-corrected chi connectivity index (χ0v) is 10.9. The van der Waals surface area contributed by atoms with Crippen LogP contribution in [0, 0.1) is 0 Å². The fourth-order valence-corrected chi connectivity index (χ4v) is 1.78. The van der Waals surface area contributed by atoms with Crippen LogP contribution in [0.4, 0.5) is 4.79 Å². The normalized spacial score (nSPS) is 20.9. The van der Waals surface area contributed by atoms with Crippen LogP contribution >= 0.6 is 0 Å². The number of nitrogens with one attached hydrogen (secondary N) is 1. The monoisotopic (exact) mass is 228 g/mol. The van der Waals surface area contributed by atoms with Gasteiger partial charge in [-0.15, -0.1) is 0 Å². The Kier molecular flexibility index (Phi) is 4.59. The summed E-state index contributed by atoms with van der Waals surface area (Å²) in [5, 5.41) is 3.42. The fraction of sp³-hybridized carbons (Fsp3) is 0.917. The average Bonchev–Trinajstić information content (AvgIpc) is 2.63. The molecule has 0 aromatic heterocycles. The first-order valence-electron chi connectivity index (χ1n) is 6.06. The van der Waals surface area contributed by atoms with Gasteiger partial charge in [0.2, 0.25) is 0 Å². The van der Waals surface area contributed by atoms with Crippen LogP contribution in [0.1, 0.15) is 40.0 Å². The van der Waals surface area contributed by atoms with Crippen molar-refractivity contribution in [2.45, 2.75) is 51.7 Å². The fourth-order valence-electron chi connectivity index (χ4n) is 1.78. The van der Waals surface area contributed by atoms with Gasteiger partial charge < -0.3 is 15.0 Å². The van der Waals surface area contributed by atoms with E-state index in [-0.39, 0.29) is 6.09 Å². The van der Waals surface area contributed by atoms with Crippen molar-refractivity contribution < 1.29 is 9.53 Å². The third-order valence-corrected chi connectivity index (χ3v) is 2.68. The summed E-state index contributed by atoms with van der Waals surface area (Å²) in [4.78, 5) is 13.3. The Morgan fingerprint density at radius 2 is 2.19 bits per heavy atom. The van der Waals surface area contributed by atoms with Crippen molar-refractivity contribution in [3.8, 4) is 0 Å². The van der Waals surface area contributed by atoms with Gasteiger partial charge in [-0.05, 0) is 46.6 Å². The first-order valence-corrected chi connectivity index (χ1v) is 6.06. The predicted molar refractivity (Wildman–Crippen MR) is 64.5 cm³/mol. The number of carbonyl (C=O) groups excluding carboxylic acids is 1. The minimum absolute atomic E-state index is 0.231. The molecule has 0 bridgehead atoms. The molecule has 1 saturated heterocycles. The second-order valence-corrected chi connectivity index (χ2v) is 5.48. The number of ether oxygens (including phenoxy) is 1. The van der Waals surface area contributed by atoms with Gasteiger partial charge in [0.1, 0.15) is 5.60 Å². The minimum atomic E-state index is -0.406. The van der Waals surface area contributed by atoms with Crippen LogP contribution in [-0.4, -0.2) is 42.8 Å². The highest BCUT2D eigenvalue weighted by Gasteiger charge is 2.21. The molecule has 0 unspecified atom stereocenters. The van der Waals surface area contributed by atoms with Crippen molar-refractivity contribution in [3.63, 3.8) is 0 Å². The SMILES string of the molecule is CN(CC[C@H]1CCCN1)C(=O)OC(C)(C)C. The van der Waals surface area contributed by atoms with E-state index in [0.29, 0.717) is 6.04 Å². The van der Waals surface area contributed by atoms with Gasteiger partial charge >= 0.3 is 6.09 Å². The highest BCUT2D eigenvalue weighted by Crippen LogP contribution is 2.12. The van der Waals surface area contributed by atoms with Crippen molar-refractivity contribution >= 4 is 6.09 Å². The first-order chi connectivity index (χ1) is 7.38. The predicted octanol–water partition coefficient (Wildman–Crippen LogP) is 2.00. The van der Waals surface area contributed by atoms with E-state index < -0.39 is 5.60 Å². The number of rotatable bonds is 3. The molecule has 1 amide bonds. The van der Waals surface area contributed by atoms with Gasteiger partial charge in [-0.25, -0.2) is 4.79 Å².